The van der Waals surface area contributed by atoms with Crippen molar-refractivity contribution in [1.82, 2.24) is 0 Å². The second-order valence-electron chi connectivity index (χ2n) is 3.79. The number of carbonyl (C=O) groups is 1. The highest BCUT2D eigenvalue weighted by atomic mass is 16.2. The summed E-state index contributed by atoms with van der Waals surface area (Å²) in [5, 5.41) is 0. The van der Waals surface area contributed by atoms with Gasteiger partial charge in [-0.15, -0.1) is 0 Å². The largest absolute Gasteiger partial charge is 0.313 e. The third kappa shape index (κ3) is 2.82. The standard InChI is InChI=1S/C13H19NO/c1-5-12-7-10(3)8-13(9-12)14(6-2)11(4)15/h7-9H,5-6H2,1-4H3. The van der Waals surface area contributed by atoms with Gasteiger partial charge < -0.3 is 4.90 Å². The predicted molar refractivity (Wildman–Crippen MR) is 64.3 cm³/mol. The molecule has 0 unspecified atom stereocenters. The quantitative estimate of drug-likeness (QED) is 0.743. The van der Waals surface area contributed by atoms with E-state index in [-0.39, 0.29) is 5.91 Å². The van der Waals surface area contributed by atoms with E-state index in [9.17, 15) is 4.79 Å². The van der Waals surface area contributed by atoms with Crippen LogP contribution in [0.25, 0.3) is 0 Å². The zero-order valence-corrected chi connectivity index (χ0v) is 10.0. The van der Waals surface area contributed by atoms with E-state index in [0.29, 0.717) is 0 Å². The molecule has 2 nitrogen and oxygen atoms in total. The number of hydrogen-bond acceptors (Lipinski definition) is 1. The Morgan fingerprint density at radius 2 is 1.93 bits per heavy atom. The topological polar surface area (TPSA) is 20.3 Å². The summed E-state index contributed by atoms with van der Waals surface area (Å²) in [5.74, 6) is 0.102. The molecule has 0 fully saturated rings. The fourth-order valence-electron chi connectivity index (χ4n) is 1.79. The average Bonchev–Trinajstić information content (AvgIpc) is 2.17. The lowest BCUT2D eigenvalue weighted by atomic mass is 10.1. The second kappa shape index (κ2) is 4.96. The normalized spacial score (nSPS) is 10.1. The molecule has 0 aliphatic rings. The number of anilines is 1. The highest BCUT2D eigenvalue weighted by molar-refractivity contribution is 5.91. The van der Waals surface area contributed by atoms with Gasteiger partial charge in [0.15, 0.2) is 0 Å². The fraction of sp³-hybridized carbons (Fsp3) is 0.462. The number of benzene rings is 1. The Kier molecular flexibility index (Phi) is 3.89. The molecule has 0 radical (unpaired) electrons. The van der Waals surface area contributed by atoms with E-state index in [4.69, 9.17) is 0 Å². The molecule has 0 aliphatic heterocycles. The Morgan fingerprint density at radius 3 is 2.40 bits per heavy atom. The second-order valence-corrected chi connectivity index (χ2v) is 3.79. The van der Waals surface area contributed by atoms with Crippen LogP contribution < -0.4 is 4.90 Å². The van der Waals surface area contributed by atoms with Gasteiger partial charge in [-0.3, -0.25) is 4.79 Å². The van der Waals surface area contributed by atoms with E-state index in [1.807, 2.05) is 6.92 Å². The van der Waals surface area contributed by atoms with Crippen molar-refractivity contribution in [3.05, 3.63) is 29.3 Å². The summed E-state index contributed by atoms with van der Waals surface area (Å²) in [6, 6.07) is 6.32. The zero-order chi connectivity index (χ0) is 11.4. The van der Waals surface area contributed by atoms with Crippen LogP contribution in [-0.4, -0.2) is 12.5 Å². The molecule has 1 rings (SSSR count). The van der Waals surface area contributed by atoms with Crippen LogP contribution in [0, 0.1) is 6.92 Å². The van der Waals surface area contributed by atoms with Crippen molar-refractivity contribution in [2.24, 2.45) is 0 Å². The molecule has 0 aromatic heterocycles. The van der Waals surface area contributed by atoms with Gasteiger partial charge in [0.2, 0.25) is 5.91 Å². The van der Waals surface area contributed by atoms with Crippen molar-refractivity contribution in [3.63, 3.8) is 0 Å². The Morgan fingerprint density at radius 1 is 1.27 bits per heavy atom. The van der Waals surface area contributed by atoms with Crippen LogP contribution in [0.2, 0.25) is 0 Å². The van der Waals surface area contributed by atoms with Crippen LogP contribution in [-0.2, 0) is 11.2 Å². The molecule has 0 saturated heterocycles. The molecule has 1 amide bonds. The Bertz CT molecular complexity index is 358. The van der Waals surface area contributed by atoms with Crippen LogP contribution in [0.4, 0.5) is 5.69 Å². The van der Waals surface area contributed by atoms with E-state index < -0.39 is 0 Å². The van der Waals surface area contributed by atoms with Crippen LogP contribution >= 0.6 is 0 Å². The summed E-state index contributed by atoms with van der Waals surface area (Å²) in [7, 11) is 0. The van der Waals surface area contributed by atoms with Crippen LogP contribution in [0.1, 0.15) is 31.9 Å². The highest BCUT2D eigenvalue weighted by Crippen LogP contribution is 2.19. The molecule has 15 heavy (non-hydrogen) atoms. The maximum Gasteiger partial charge on any atom is 0.223 e. The molecule has 0 spiro atoms. The molecule has 0 saturated carbocycles. The number of amides is 1. The fourth-order valence-corrected chi connectivity index (χ4v) is 1.79. The molecule has 1 aromatic rings. The monoisotopic (exact) mass is 205 g/mol. The minimum absolute atomic E-state index is 0.102. The SMILES string of the molecule is CCc1cc(C)cc(N(CC)C(C)=O)c1. The molecular formula is C13H19NO. The molecule has 1 aromatic carbocycles. The number of carbonyl (C=O) groups excluding carboxylic acids is 1. The number of nitrogens with zero attached hydrogens (tertiary/aromatic N) is 1. The number of aryl methyl sites for hydroxylation is 2. The first-order valence-electron chi connectivity index (χ1n) is 5.47. The van der Waals surface area contributed by atoms with Crippen molar-refractivity contribution < 1.29 is 4.79 Å². The third-order valence-corrected chi connectivity index (χ3v) is 2.54. The van der Waals surface area contributed by atoms with Gasteiger partial charge >= 0.3 is 0 Å². The lowest BCUT2D eigenvalue weighted by molar-refractivity contribution is -0.116. The predicted octanol–water partition coefficient (Wildman–Crippen LogP) is 2.93. The first-order chi connectivity index (χ1) is 7.08. The molecule has 0 N–H and O–H groups in total. The summed E-state index contributed by atoms with van der Waals surface area (Å²) in [4.78, 5) is 13.2. The smallest absolute Gasteiger partial charge is 0.223 e. The summed E-state index contributed by atoms with van der Waals surface area (Å²) in [5.41, 5.74) is 3.51. The summed E-state index contributed by atoms with van der Waals surface area (Å²) >= 11 is 0. The van der Waals surface area contributed by atoms with Gasteiger partial charge in [-0.1, -0.05) is 13.0 Å². The molecule has 0 atom stereocenters. The van der Waals surface area contributed by atoms with Gasteiger partial charge in [-0.2, -0.15) is 0 Å². The van der Waals surface area contributed by atoms with Gasteiger partial charge in [0.25, 0.3) is 0 Å². The highest BCUT2D eigenvalue weighted by Gasteiger charge is 2.09. The minimum atomic E-state index is 0.102. The van der Waals surface area contributed by atoms with E-state index in [1.165, 1.54) is 11.1 Å². The maximum absolute atomic E-state index is 11.4. The van der Waals surface area contributed by atoms with Crippen molar-refractivity contribution >= 4 is 11.6 Å². The van der Waals surface area contributed by atoms with Gasteiger partial charge in [0, 0.05) is 19.2 Å². The maximum atomic E-state index is 11.4. The molecule has 82 valence electrons. The van der Waals surface area contributed by atoms with E-state index in [1.54, 1.807) is 11.8 Å². The molecular weight excluding hydrogens is 186 g/mol. The van der Waals surface area contributed by atoms with Crippen molar-refractivity contribution in [1.29, 1.82) is 0 Å². The van der Waals surface area contributed by atoms with Crippen molar-refractivity contribution in [2.75, 3.05) is 11.4 Å². The molecule has 0 aliphatic carbocycles. The molecule has 0 heterocycles. The minimum Gasteiger partial charge on any atom is -0.313 e. The lowest BCUT2D eigenvalue weighted by Crippen LogP contribution is -2.28. The van der Waals surface area contributed by atoms with Crippen LogP contribution in [0.15, 0.2) is 18.2 Å². The molecule has 2 heteroatoms. The number of hydrogen-bond donors (Lipinski definition) is 0. The molecule has 0 bridgehead atoms. The van der Waals surface area contributed by atoms with Crippen LogP contribution in [0.3, 0.4) is 0 Å². The third-order valence-electron chi connectivity index (χ3n) is 2.54. The van der Waals surface area contributed by atoms with Crippen molar-refractivity contribution in [3.8, 4) is 0 Å². The zero-order valence-electron chi connectivity index (χ0n) is 10.0. The van der Waals surface area contributed by atoms with Gasteiger partial charge in [0.1, 0.15) is 0 Å². The number of rotatable bonds is 3. The average molecular weight is 205 g/mol. The Labute approximate surface area is 91.9 Å². The van der Waals surface area contributed by atoms with Gasteiger partial charge in [-0.25, -0.2) is 0 Å². The van der Waals surface area contributed by atoms with Crippen LogP contribution in [0.5, 0.6) is 0 Å². The Balaban J connectivity index is 3.11. The summed E-state index contributed by atoms with van der Waals surface area (Å²) < 4.78 is 0. The Hall–Kier alpha value is -1.31. The summed E-state index contributed by atoms with van der Waals surface area (Å²) in [6.45, 7) is 8.52. The summed E-state index contributed by atoms with van der Waals surface area (Å²) in [6.07, 6.45) is 1.00. The first-order valence-corrected chi connectivity index (χ1v) is 5.47. The van der Waals surface area contributed by atoms with E-state index in [2.05, 4.69) is 32.0 Å². The van der Waals surface area contributed by atoms with E-state index >= 15 is 0 Å². The van der Waals surface area contributed by atoms with Gasteiger partial charge in [-0.05, 0) is 43.5 Å². The van der Waals surface area contributed by atoms with E-state index in [0.717, 1.165) is 18.7 Å². The van der Waals surface area contributed by atoms with Crippen molar-refractivity contribution in [2.45, 2.75) is 34.1 Å². The first kappa shape index (κ1) is 11.8. The lowest BCUT2D eigenvalue weighted by Gasteiger charge is -2.20. The van der Waals surface area contributed by atoms with Gasteiger partial charge in [0.05, 0.1) is 0 Å².